The lowest BCUT2D eigenvalue weighted by molar-refractivity contribution is 0.0790. The van der Waals surface area contributed by atoms with E-state index in [9.17, 15) is 13.2 Å². The first-order valence-electron chi connectivity index (χ1n) is 7.66. The Bertz CT molecular complexity index is 882. The number of hydrogen-bond donors (Lipinski definition) is 2. The molecule has 0 aromatic heterocycles. The Kier molecular flexibility index (Phi) is 4.80. The molecule has 1 aliphatic rings. The van der Waals surface area contributed by atoms with E-state index in [1.165, 1.54) is 6.07 Å². The molecule has 132 valence electrons. The van der Waals surface area contributed by atoms with Crippen molar-refractivity contribution in [2.24, 2.45) is 0 Å². The van der Waals surface area contributed by atoms with Crippen LogP contribution in [-0.4, -0.2) is 39.8 Å². The molecule has 8 heteroatoms. The molecule has 0 saturated heterocycles. The highest BCUT2D eigenvalue weighted by molar-refractivity contribution is 7.92. The standard InChI is InChI=1S/C17H18N2O5S/c1-25(21,22)19-14-7-3-2-6-13(14)17(20)18-10-12-11-23-15-8-4-5-9-16(15)24-12/h2-9,12,19H,10-11H2,1H3,(H,18,20)/t12-/m1/s1. The van der Waals surface area contributed by atoms with Crippen molar-refractivity contribution in [3.05, 3.63) is 54.1 Å². The Morgan fingerprint density at radius 3 is 2.56 bits per heavy atom. The quantitative estimate of drug-likeness (QED) is 0.843. The largest absolute Gasteiger partial charge is 0.486 e. The molecule has 0 aliphatic carbocycles. The van der Waals surface area contributed by atoms with Gasteiger partial charge in [-0.1, -0.05) is 24.3 Å². The van der Waals surface area contributed by atoms with E-state index < -0.39 is 15.9 Å². The van der Waals surface area contributed by atoms with Crippen LogP contribution in [0.15, 0.2) is 48.5 Å². The number of para-hydroxylation sites is 3. The monoisotopic (exact) mass is 362 g/mol. The van der Waals surface area contributed by atoms with E-state index in [-0.39, 0.29) is 23.9 Å². The maximum Gasteiger partial charge on any atom is 0.253 e. The molecule has 0 radical (unpaired) electrons. The van der Waals surface area contributed by atoms with Crippen LogP contribution in [0.2, 0.25) is 0 Å². The van der Waals surface area contributed by atoms with Gasteiger partial charge in [-0.25, -0.2) is 8.42 Å². The highest BCUT2D eigenvalue weighted by Crippen LogP contribution is 2.30. The van der Waals surface area contributed by atoms with Crippen molar-refractivity contribution in [3.8, 4) is 11.5 Å². The van der Waals surface area contributed by atoms with Crippen molar-refractivity contribution in [2.75, 3.05) is 24.1 Å². The molecule has 1 atom stereocenters. The molecule has 2 aromatic carbocycles. The molecule has 0 unspecified atom stereocenters. The fourth-order valence-electron chi connectivity index (χ4n) is 2.44. The van der Waals surface area contributed by atoms with Crippen LogP contribution >= 0.6 is 0 Å². The van der Waals surface area contributed by atoms with Gasteiger partial charge in [-0.15, -0.1) is 0 Å². The molecule has 0 spiro atoms. The molecule has 1 amide bonds. The maximum absolute atomic E-state index is 12.4. The van der Waals surface area contributed by atoms with Crippen LogP contribution in [0.3, 0.4) is 0 Å². The van der Waals surface area contributed by atoms with Crippen molar-refractivity contribution in [2.45, 2.75) is 6.10 Å². The van der Waals surface area contributed by atoms with Gasteiger partial charge in [0.25, 0.3) is 5.91 Å². The third-order valence-corrected chi connectivity index (χ3v) is 4.12. The van der Waals surface area contributed by atoms with E-state index in [0.29, 0.717) is 18.1 Å². The van der Waals surface area contributed by atoms with Crippen LogP contribution < -0.4 is 19.5 Å². The van der Waals surface area contributed by atoms with Gasteiger partial charge in [0.05, 0.1) is 24.1 Å². The van der Waals surface area contributed by atoms with Gasteiger partial charge in [0.15, 0.2) is 11.5 Å². The predicted octanol–water partition coefficient (Wildman–Crippen LogP) is 1.63. The summed E-state index contributed by atoms with van der Waals surface area (Å²) in [5.74, 6) is 0.911. The summed E-state index contributed by atoms with van der Waals surface area (Å²) >= 11 is 0. The molecule has 1 heterocycles. The van der Waals surface area contributed by atoms with Gasteiger partial charge in [-0.05, 0) is 24.3 Å². The fraction of sp³-hybridized carbons (Fsp3) is 0.235. The van der Waals surface area contributed by atoms with Gasteiger partial charge in [-0.3, -0.25) is 9.52 Å². The van der Waals surface area contributed by atoms with E-state index in [1.54, 1.807) is 24.3 Å². The molecule has 25 heavy (non-hydrogen) atoms. The van der Waals surface area contributed by atoms with Crippen molar-refractivity contribution < 1.29 is 22.7 Å². The Morgan fingerprint density at radius 2 is 1.80 bits per heavy atom. The Labute approximate surface area is 146 Å². The first-order chi connectivity index (χ1) is 11.9. The first kappa shape index (κ1) is 17.1. The number of ether oxygens (including phenoxy) is 2. The smallest absolute Gasteiger partial charge is 0.253 e. The number of benzene rings is 2. The first-order valence-corrected chi connectivity index (χ1v) is 9.55. The second-order valence-corrected chi connectivity index (χ2v) is 7.38. The van der Waals surface area contributed by atoms with Crippen LogP contribution in [0, 0.1) is 0 Å². The summed E-state index contributed by atoms with van der Waals surface area (Å²) in [7, 11) is -3.48. The van der Waals surface area contributed by atoms with E-state index >= 15 is 0 Å². The van der Waals surface area contributed by atoms with Gasteiger partial charge >= 0.3 is 0 Å². The summed E-state index contributed by atoms with van der Waals surface area (Å²) in [4.78, 5) is 12.4. The Hall–Kier alpha value is -2.74. The summed E-state index contributed by atoms with van der Waals surface area (Å²) in [6, 6.07) is 13.7. The number of anilines is 1. The van der Waals surface area contributed by atoms with Crippen molar-refractivity contribution in [3.63, 3.8) is 0 Å². The number of hydrogen-bond acceptors (Lipinski definition) is 5. The highest BCUT2D eigenvalue weighted by atomic mass is 32.2. The maximum atomic E-state index is 12.4. The van der Waals surface area contributed by atoms with Crippen LogP contribution in [-0.2, 0) is 10.0 Å². The lowest BCUT2D eigenvalue weighted by atomic mass is 10.1. The molecule has 0 saturated carbocycles. The zero-order valence-corrected chi connectivity index (χ0v) is 14.4. The summed E-state index contributed by atoms with van der Waals surface area (Å²) in [5, 5.41) is 2.75. The van der Waals surface area contributed by atoms with Crippen LogP contribution in [0.1, 0.15) is 10.4 Å². The number of fused-ring (bicyclic) bond motifs is 1. The number of carbonyl (C=O) groups excluding carboxylic acids is 1. The SMILES string of the molecule is CS(=O)(=O)Nc1ccccc1C(=O)NC[C@@H]1COc2ccccc2O1. The average molecular weight is 362 g/mol. The number of carbonyl (C=O) groups is 1. The third kappa shape index (κ3) is 4.42. The Balaban J connectivity index is 1.64. The zero-order chi connectivity index (χ0) is 17.9. The van der Waals surface area contributed by atoms with Crippen LogP contribution in [0.5, 0.6) is 11.5 Å². The van der Waals surface area contributed by atoms with Gasteiger partial charge in [0, 0.05) is 0 Å². The molecule has 0 bridgehead atoms. The van der Waals surface area contributed by atoms with E-state index in [1.807, 2.05) is 18.2 Å². The molecule has 7 nitrogen and oxygen atoms in total. The highest BCUT2D eigenvalue weighted by Gasteiger charge is 2.22. The molecule has 2 N–H and O–H groups in total. The molecule has 0 fully saturated rings. The van der Waals surface area contributed by atoms with Crippen LogP contribution in [0.25, 0.3) is 0 Å². The predicted molar refractivity (Wildman–Crippen MR) is 93.6 cm³/mol. The third-order valence-electron chi connectivity index (χ3n) is 3.52. The summed E-state index contributed by atoms with van der Waals surface area (Å²) in [6.45, 7) is 0.556. The van der Waals surface area contributed by atoms with E-state index in [4.69, 9.17) is 9.47 Å². The van der Waals surface area contributed by atoms with Crippen LogP contribution in [0.4, 0.5) is 5.69 Å². The lowest BCUT2D eigenvalue weighted by Crippen LogP contribution is -2.40. The fourth-order valence-corrected chi connectivity index (χ4v) is 3.01. The summed E-state index contributed by atoms with van der Waals surface area (Å²) in [5.41, 5.74) is 0.471. The lowest BCUT2D eigenvalue weighted by Gasteiger charge is -2.26. The summed E-state index contributed by atoms with van der Waals surface area (Å²) in [6.07, 6.45) is 0.709. The second kappa shape index (κ2) is 7.02. The summed E-state index contributed by atoms with van der Waals surface area (Å²) < 4.78 is 36.5. The zero-order valence-electron chi connectivity index (χ0n) is 13.6. The molecular weight excluding hydrogens is 344 g/mol. The van der Waals surface area contributed by atoms with Crippen molar-refractivity contribution in [1.82, 2.24) is 5.32 Å². The second-order valence-electron chi connectivity index (χ2n) is 5.63. The number of sulfonamides is 1. The normalized spacial score (nSPS) is 16.1. The average Bonchev–Trinajstić information content (AvgIpc) is 2.58. The molecule has 2 aromatic rings. The Morgan fingerprint density at radius 1 is 1.12 bits per heavy atom. The molecule has 1 aliphatic heterocycles. The minimum atomic E-state index is -3.48. The molecule has 3 rings (SSSR count). The number of nitrogens with one attached hydrogen (secondary N) is 2. The van der Waals surface area contributed by atoms with Gasteiger partial charge in [0.1, 0.15) is 12.7 Å². The van der Waals surface area contributed by atoms with E-state index in [2.05, 4.69) is 10.0 Å². The van der Waals surface area contributed by atoms with E-state index in [0.717, 1.165) is 6.26 Å². The minimum Gasteiger partial charge on any atom is -0.486 e. The van der Waals surface area contributed by atoms with Gasteiger partial charge in [0.2, 0.25) is 10.0 Å². The topological polar surface area (TPSA) is 93.7 Å². The number of amides is 1. The van der Waals surface area contributed by atoms with Gasteiger partial charge < -0.3 is 14.8 Å². The molecular formula is C17H18N2O5S. The van der Waals surface area contributed by atoms with Crippen molar-refractivity contribution >= 4 is 21.6 Å². The van der Waals surface area contributed by atoms with Crippen molar-refractivity contribution in [1.29, 1.82) is 0 Å². The number of rotatable bonds is 5. The minimum absolute atomic E-state index is 0.230. The van der Waals surface area contributed by atoms with Gasteiger partial charge in [-0.2, -0.15) is 0 Å².